The summed E-state index contributed by atoms with van der Waals surface area (Å²) in [5.74, 6) is -2.01. The number of rotatable bonds is 4. The first-order valence-corrected chi connectivity index (χ1v) is 9.15. The van der Waals surface area contributed by atoms with Crippen molar-refractivity contribution in [3.8, 4) is 0 Å². The highest BCUT2D eigenvalue weighted by atomic mass is 16.6. The van der Waals surface area contributed by atoms with Crippen LogP contribution in [0.5, 0.6) is 0 Å². The Morgan fingerprint density at radius 2 is 1.53 bits per heavy atom. The molecule has 148 valence electrons. The first-order chi connectivity index (χ1) is 14.5. The quantitative estimate of drug-likeness (QED) is 0.232. The number of benzene rings is 3. The Morgan fingerprint density at radius 1 is 0.900 bits per heavy atom. The van der Waals surface area contributed by atoms with E-state index < -0.39 is 22.7 Å². The van der Waals surface area contributed by atoms with Gasteiger partial charge in [0, 0.05) is 17.7 Å². The van der Waals surface area contributed by atoms with Gasteiger partial charge in [-0.05, 0) is 11.6 Å². The van der Waals surface area contributed by atoms with Crippen LogP contribution in [0, 0.1) is 10.1 Å². The van der Waals surface area contributed by atoms with E-state index in [0.29, 0.717) is 11.1 Å². The highest BCUT2D eigenvalue weighted by Gasteiger charge is 2.47. The van der Waals surface area contributed by atoms with E-state index in [1.165, 1.54) is 29.2 Å². The highest BCUT2D eigenvalue weighted by Crippen LogP contribution is 2.42. The molecule has 1 aliphatic heterocycles. The zero-order valence-electron chi connectivity index (χ0n) is 15.6. The number of hydrogen-bond donors (Lipinski definition) is 1. The van der Waals surface area contributed by atoms with Crippen molar-refractivity contribution in [3.63, 3.8) is 0 Å². The Kier molecular flexibility index (Phi) is 4.85. The minimum atomic E-state index is -0.923. The lowest BCUT2D eigenvalue weighted by atomic mass is 9.95. The molecule has 1 N–H and O–H groups in total. The number of Topliss-reactive ketones (excluding diaryl/α,β-unsaturated/α-hetero) is 1. The van der Waals surface area contributed by atoms with Crippen LogP contribution in [0.25, 0.3) is 5.76 Å². The Balaban J connectivity index is 1.95. The highest BCUT2D eigenvalue weighted by molar-refractivity contribution is 6.51. The van der Waals surface area contributed by atoms with E-state index in [2.05, 4.69) is 0 Å². The van der Waals surface area contributed by atoms with Crippen molar-refractivity contribution in [3.05, 3.63) is 112 Å². The molecule has 7 nitrogen and oxygen atoms in total. The monoisotopic (exact) mass is 400 g/mol. The van der Waals surface area contributed by atoms with Gasteiger partial charge in [-0.15, -0.1) is 0 Å². The standard InChI is InChI=1S/C23H16N2O5/c26-21(16-10-5-2-6-11-16)19-20(15-8-3-1-4-9-15)24(23(28)22(19)27)17-12-7-13-18(14-17)25(29)30/h1-14,20,26H/b21-19-/t20-/m1/s1. The molecule has 0 unspecified atom stereocenters. The lowest BCUT2D eigenvalue weighted by molar-refractivity contribution is -0.384. The molecule has 7 heteroatoms. The summed E-state index contributed by atoms with van der Waals surface area (Å²) < 4.78 is 0. The van der Waals surface area contributed by atoms with Gasteiger partial charge in [0.15, 0.2) is 0 Å². The minimum absolute atomic E-state index is 0.0658. The summed E-state index contributed by atoms with van der Waals surface area (Å²) in [5, 5.41) is 22.1. The molecule has 1 saturated heterocycles. The molecule has 1 heterocycles. The molecule has 1 amide bonds. The second-order valence-corrected chi connectivity index (χ2v) is 6.72. The molecule has 3 aromatic carbocycles. The summed E-state index contributed by atoms with van der Waals surface area (Å²) in [5.41, 5.74) is 0.927. The molecule has 0 aliphatic carbocycles. The zero-order valence-corrected chi connectivity index (χ0v) is 15.6. The molecule has 30 heavy (non-hydrogen) atoms. The van der Waals surface area contributed by atoms with E-state index in [1.54, 1.807) is 60.7 Å². The zero-order chi connectivity index (χ0) is 21.3. The second kappa shape index (κ2) is 7.63. The third-order valence-corrected chi connectivity index (χ3v) is 4.93. The number of hydrogen-bond acceptors (Lipinski definition) is 5. The van der Waals surface area contributed by atoms with Crippen LogP contribution in [0.4, 0.5) is 11.4 Å². The molecular weight excluding hydrogens is 384 g/mol. The average Bonchev–Trinajstić information content (AvgIpc) is 3.05. The van der Waals surface area contributed by atoms with Crippen LogP contribution in [-0.4, -0.2) is 21.7 Å². The number of ketones is 1. The van der Waals surface area contributed by atoms with Gasteiger partial charge >= 0.3 is 0 Å². The first-order valence-electron chi connectivity index (χ1n) is 9.15. The summed E-state index contributed by atoms with van der Waals surface area (Å²) >= 11 is 0. The van der Waals surface area contributed by atoms with E-state index in [0.717, 1.165) is 0 Å². The predicted molar refractivity (Wildman–Crippen MR) is 111 cm³/mol. The molecule has 1 aliphatic rings. The van der Waals surface area contributed by atoms with E-state index in [9.17, 15) is 24.8 Å². The summed E-state index contributed by atoms with van der Waals surface area (Å²) in [6.45, 7) is 0. The molecule has 4 rings (SSSR count). The number of aliphatic hydroxyl groups is 1. The smallest absolute Gasteiger partial charge is 0.300 e. The summed E-state index contributed by atoms with van der Waals surface area (Å²) in [4.78, 5) is 37.8. The second-order valence-electron chi connectivity index (χ2n) is 6.72. The van der Waals surface area contributed by atoms with Crippen molar-refractivity contribution in [2.24, 2.45) is 0 Å². The van der Waals surface area contributed by atoms with Gasteiger partial charge in [-0.25, -0.2) is 0 Å². The van der Waals surface area contributed by atoms with Crippen LogP contribution in [0.2, 0.25) is 0 Å². The predicted octanol–water partition coefficient (Wildman–Crippen LogP) is 4.22. The van der Waals surface area contributed by atoms with E-state index in [1.807, 2.05) is 0 Å². The number of anilines is 1. The van der Waals surface area contributed by atoms with Crippen LogP contribution < -0.4 is 4.90 Å². The normalized spacial score (nSPS) is 17.9. The van der Waals surface area contributed by atoms with E-state index >= 15 is 0 Å². The minimum Gasteiger partial charge on any atom is -0.507 e. The van der Waals surface area contributed by atoms with Gasteiger partial charge in [-0.3, -0.25) is 24.6 Å². The maximum atomic E-state index is 13.0. The number of nitro benzene ring substituents is 1. The molecule has 1 atom stereocenters. The van der Waals surface area contributed by atoms with Crippen molar-refractivity contribution < 1.29 is 19.6 Å². The van der Waals surface area contributed by atoms with Gasteiger partial charge in [-0.2, -0.15) is 0 Å². The molecule has 3 aromatic rings. The Morgan fingerprint density at radius 3 is 2.17 bits per heavy atom. The Bertz CT molecular complexity index is 1170. The van der Waals surface area contributed by atoms with Crippen LogP contribution >= 0.6 is 0 Å². The number of amides is 1. The van der Waals surface area contributed by atoms with Crippen molar-refractivity contribution in [1.82, 2.24) is 0 Å². The lowest BCUT2D eigenvalue weighted by Gasteiger charge is -2.25. The van der Waals surface area contributed by atoms with Crippen LogP contribution in [0.15, 0.2) is 90.5 Å². The van der Waals surface area contributed by atoms with Gasteiger partial charge in [0.05, 0.1) is 22.2 Å². The number of nitrogens with zero attached hydrogens (tertiary/aromatic N) is 2. The van der Waals surface area contributed by atoms with Crippen LogP contribution in [0.3, 0.4) is 0 Å². The third kappa shape index (κ3) is 3.22. The molecule has 0 spiro atoms. The van der Waals surface area contributed by atoms with E-state index in [-0.39, 0.29) is 22.7 Å². The molecule has 0 bridgehead atoms. The fourth-order valence-electron chi connectivity index (χ4n) is 3.56. The molecule has 0 saturated carbocycles. The topological polar surface area (TPSA) is 101 Å². The summed E-state index contributed by atoms with van der Waals surface area (Å²) in [6, 6.07) is 21.8. The molecule has 1 fully saturated rings. The van der Waals surface area contributed by atoms with Gasteiger partial charge < -0.3 is 5.11 Å². The number of aliphatic hydroxyl groups excluding tert-OH is 1. The first kappa shape index (κ1) is 19.1. The van der Waals surface area contributed by atoms with Gasteiger partial charge in [-0.1, -0.05) is 66.7 Å². The van der Waals surface area contributed by atoms with Crippen LogP contribution in [-0.2, 0) is 9.59 Å². The van der Waals surface area contributed by atoms with Crippen molar-refractivity contribution in [2.75, 3.05) is 4.90 Å². The van der Waals surface area contributed by atoms with Crippen LogP contribution in [0.1, 0.15) is 17.2 Å². The fraction of sp³-hybridized carbons (Fsp3) is 0.0435. The maximum Gasteiger partial charge on any atom is 0.300 e. The largest absolute Gasteiger partial charge is 0.507 e. The van der Waals surface area contributed by atoms with Gasteiger partial charge in [0.25, 0.3) is 17.4 Å². The molecule has 0 radical (unpaired) electrons. The third-order valence-electron chi connectivity index (χ3n) is 4.93. The fourth-order valence-corrected chi connectivity index (χ4v) is 3.56. The van der Waals surface area contributed by atoms with Crippen molar-refractivity contribution in [1.29, 1.82) is 0 Å². The Labute approximate surface area is 171 Å². The van der Waals surface area contributed by atoms with Crippen molar-refractivity contribution in [2.45, 2.75) is 6.04 Å². The molecule has 0 aromatic heterocycles. The van der Waals surface area contributed by atoms with Crippen molar-refractivity contribution >= 4 is 28.8 Å². The molecular formula is C23H16N2O5. The average molecular weight is 400 g/mol. The van der Waals surface area contributed by atoms with Gasteiger partial charge in [0.1, 0.15) is 5.76 Å². The number of non-ortho nitro benzene ring substituents is 1. The van der Waals surface area contributed by atoms with Gasteiger partial charge in [0.2, 0.25) is 0 Å². The summed E-state index contributed by atoms with van der Waals surface area (Å²) in [7, 11) is 0. The number of carbonyl (C=O) groups excluding carboxylic acids is 2. The number of nitro groups is 1. The van der Waals surface area contributed by atoms with E-state index in [4.69, 9.17) is 0 Å². The summed E-state index contributed by atoms with van der Waals surface area (Å²) in [6.07, 6.45) is 0. The lowest BCUT2D eigenvalue weighted by Crippen LogP contribution is -2.29. The number of carbonyl (C=O) groups is 2. The maximum absolute atomic E-state index is 13.0. The Hall–Kier alpha value is -4.26. The SMILES string of the molecule is O=C1C(=O)N(c2cccc([N+](=O)[O-])c2)[C@H](c2ccccc2)/C1=C(/O)c1ccccc1.